The first kappa shape index (κ1) is 15.6. The van der Waals surface area contributed by atoms with Gasteiger partial charge in [0.2, 0.25) is 0 Å². The summed E-state index contributed by atoms with van der Waals surface area (Å²) in [6.07, 6.45) is 2.72. The van der Waals surface area contributed by atoms with Gasteiger partial charge in [-0.05, 0) is 41.2 Å². The summed E-state index contributed by atoms with van der Waals surface area (Å²) in [6.45, 7) is 1.87. The Labute approximate surface area is 140 Å². The number of hydrogen-bond donors (Lipinski definition) is 2. The number of nitrogens with zero attached hydrogens (tertiary/aromatic N) is 1. The molecule has 1 fully saturated rings. The Morgan fingerprint density at radius 1 is 1.30 bits per heavy atom. The summed E-state index contributed by atoms with van der Waals surface area (Å²) in [5.41, 5.74) is 1.34. The highest BCUT2D eigenvalue weighted by molar-refractivity contribution is 14.0. The maximum absolute atomic E-state index is 4.27. The van der Waals surface area contributed by atoms with Crippen LogP contribution in [0.15, 0.2) is 34.6 Å². The van der Waals surface area contributed by atoms with Gasteiger partial charge in [-0.2, -0.15) is 0 Å². The molecule has 3 nitrogen and oxygen atoms in total. The van der Waals surface area contributed by atoms with Crippen LogP contribution >= 0.6 is 35.3 Å². The lowest BCUT2D eigenvalue weighted by molar-refractivity contribution is 0.738. The minimum Gasteiger partial charge on any atom is -0.356 e. The van der Waals surface area contributed by atoms with Gasteiger partial charge in [0, 0.05) is 24.8 Å². The number of thiophene rings is 1. The van der Waals surface area contributed by atoms with Crippen LogP contribution in [0.2, 0.25) is 0 Å². The summed E-state index contributed by atoms with van der Waals surface area (Å²) in [5.74, 6) is 1.77. The average molecular weight is 401 g/mol. The van der Waals surface area contributed by atoms with Crippen molar-refractivity contribution in [2.45, 2.75) is 19.4 Å². The molecule has 0 bridgehead atoms. The molecule has 20 heavy (non-hydrogen) atoms. The Kier molecular flexibility index (Phi) is 5.65. The van der Waals surface area contributed by atoms with Crippen molar-refractivity contribution in [2.75, 3.05) is 13.6 Å². The summed E-state index contributed by atoms with van der Waals surface area (Å²) < 4.78 is 1.35. The van der Waals surface area contributed by atoms with Crippen molar-refractivity contribution in [3.05, 3.63) is 35.2 Å². The predicted octanol–water partition coefficient (Wildman–Crippen LogP) is 3.59. The summed E-state index contributed by atoms with van der Waals surface area (Å²) in [5, 5.41) is 10.3. The lowest BCUT2D eigenvalue weighted by Gasteiger charge is -2.11. The number of halogens is 1. The molecule has 5 heteroatoms. The van der Waals surface area contributed by atoms with E-state index in [0.717, 1.165) is 25.0 Å². The minimum absolute atomic E-state index is 0. The number of nitrogens with one attached hydrogen (secondary N) is 2. The third-order valence-corrected chi connectivity index (χ3v) is 4.50. The summed E-state index contributed by atoms with van der Waals surface area (Å²) in [4.78, 5) is 4.27. The normalized spacial score (nSPS) is 14.9. The Morgan fingerprint density at radius 3 is 2.85 bits per heavy atom. The topological polar surface area (TPSA) is 36.4 Å². The molecule has 1 aliphatic carbocycles. The quantitative estimate of drug-likeness (QED) is 0.467. The van der Waals surface area contributed by atoms with Crippen molar-refractivity contribution in [3.8, 4) is 0 Å². The Morgan fingerprint density at radius 2 is 2.10 bits per heavy atom. The second kappa shape index (κ2) is 7.26. The Balaban J connectivity index is 0.00000147. The van der Waals surface area contributed by atoms with Crippen LogP contribution in [-0.2, 0) is 6.54 Å². The molecule has 1 aliphatic rings. The maximum atomic E-state index is 4.27. The summed E-state index contributed by atoms with van der Waals surface area (Å²) in [7, 11) is 1.83. The van der Waals surface area contributed by atoms with Crippen LogP contribution in [0.3, 0.4) is 0 Å². The first-order chi connectivity index (χ1) is 9.36. The van der Waals surface area contributed by atoms with E-state index in [0.29, 0.717) is 0 Å². The first-order valence-corrected chi connectivity index (χ1v) is 7.64. The van der Waals surface area contributed by atoms with E-state index in [-0.39, 0.29) is 24.0 Å². The van der Waals surface area contributed by atoms with E-state index < -0.39 is 0 Å². The molecule has 1 aromatic carbocycles. The molecular weight excluding hydrogens is 381 g/mol. The fourth-order valence-corrected chi connectivity index (χ4v) is 3.09. The molecule has 0 radical (unpaired) electrons. The molecule has 0 aliphatic heterocycles. The molecule has 3 rings (SSSR count). The molecule has 0 spiro atoms. The van der Waals surface area contributed by atoms with Gasteiger partial charge in [0.15, 0.2) is 5.96 Å². The summed E-state index contributed by atoms with van der Waals surface area (Å²) in [6, 6.07) is 8.54. The van der Waals surface area contributed by atoms with Crippen LogP contribution in [0.5, 0.6) is 0 Å². The summed E-state index contributed by atoms with van der Waals surface area (Å²) >= 11 is 1.80. The average Bonchev–Trinajstić information content (AvgIpc) is 3.19. The van der Waals surface area contributed by atoms with Crippen molar-refractivity contribution in [3.63, 3.8) is 0 Å². The van der Waals surface area contributed by atoms with Crippen molar-refractivity contribution in [1.82, 2.24) is 10.6 Å². The van der Waals surface area contributed by atoms with E-state index in [2.05, 4.69) is 45.3 Å². The molecule has 108 valence electrons. The minimum atomic E-state index is 0. The molecule has 2 N–H and O–H groups in total. The molecule has 1 saturated carbocycles. The molecule has 0 saturated heterocycles. The van der Waals surface area contributed by atoms with E-state index in [9.17, 15) is 0 Å². The van der Waals surface area contributed by atoms with Crippen molar-refractivity contribution >= 4 is 51.4 Å². The van der Waals surface area contributed by atoms with Gasteiger partial charge < -0.3 is 10.6 Å². The number of benzene rings is 1. The van der Waals surface area contributed by atoms with Crippen LogP contribution in [0, 0.1) is 5.92 Å². The fraction of sp³-hybridized carbons (Fsp3) is 0.400. The number of rotatable bonds is 4. The molecule has 0 atom stereocenters. The van der Waals surface area contributed by atoms with E-state index >= 15 is 0 Å². The van der Waals surface area contributed by atoms with E-state index in [1.807, 2.05) is 7.05 Å². The zero-order chi connectivity index (χ0) is 13.1. The van der Waals surface area contributed by atoms with Gasteiger partial charge in [-0.15, -0.1) is 35.3 Å². The van der Waals surface area contributed by atoms with Gasteiger partial charge in [-0.25, -0.2) is 0 Å². The number of hydrogen-bond acceptors (Lipinski definition) is 2. The van der Waals surface area contributed by atoms with E-state index in [1.54, 1.807) is 11.3 Å². The van der Waals surface area contributed by atoms with Gasteiger partial charge in [-0.1, -0.05) is 18.2 Å². The van der Waals surface area contributed by atoms with Gasteiger partial charge in [0.25, 0.3) is 0 Å². The highest BCUT2D eigenvalue weighted by atomic mass is 127. The number of aliphatic imine (C=N–C) groups is 1. The second-order valence-corrected chi connectivity index (χ2v) is 5.92. The Hall–Kier alpha value is -0.820. The second-order valence-electron chi connectivity index (χ2n) is 5.01. The highest BCUT2D eigenvalue weighted by Gasteiger charge is 2.21. The maximum Gasteiger partial charge on any atom is 0.191 e. The molecule has 0 unspecified atom stereocenters. The van der Waals surface area contributed by atoms with Crippen molar-refractivity contribution in [2.24, 2.45) is 10.9 Å². The van der Waals surface area contributed by atoms with Crippen molar-refractivity contribution < 1.29 is 0 Å². The van der Waals surface area contributed by atoms with E-state index in [1.165, 1.54) is 28.5 Å². The number of guanidine groups is 1. The molecular formula is C15H20IN3S. The van der Waals surface area contributed by atoms with Gasteiger partial charge in [0.05, 0.1) is 0 Å². The lowest BCUT2D eigenvalue weighted by Crippen LogP contribution is -2.37. The van der Waals surface area contributed by atoms with Crippen LogP contribution in [-0.4, -0.2) is 19.6 Å². The van der Waals surface area contributed by atoms with Gasteiger partial charge in [-0.3, -0.25) is 4.99 Å². The Bertz CT molecular complexity index is 590. The van der Waals surface area contributed by atoms with Crippen molar-refractivity contribution in [1.29, 1.82) is 0 Å². The SMILES string of the molecule is CN=C(NCc1csc2ccccc12)NCC1CC1.I. The third kappa shape index (κ3) is 3.85. The van der Waals surface area contributed by atoms with Crippen LogP contribution < -0.4 is 10.6 Å². The lowest BCUT2D eigenvalue weighted by atomic mass is 10.2. The standard InChI is InChI=1S/C15H19N3S.HI/c1-16-15(17-8-11-6-7-11)18-9-12-10-19-14-5-3-2-4-13(12)14;/h2-5,10-11H,6-9H2,1H3,(H2,16,17,18);1H. The molecule has 1 aromatic heterocycles. The molecule has 2 aromatic rings. The van der Waals surface area contributed by atoms with Gasteiger partial charge >= 0.3 is 0 Å². The van der Waals surface area contributed by atoms with Gasteiger partial charge in [0.1, 0.15) is 0 Å². The number of fused-ring (bicyclic) bond motifs is 1. The van der Waals surface area contributed by atoms with Crippen LogP contribution in [0.25, 0.3) is 10.1 Å². The zero-order valence-electron chi connectivity index (χ0n) is 11.6. The predicted molar refractivity (Wildman–Crippen MR) is 98.2 cm³/mol. The smallest absolute Gasteiger partial charge is 0.191 e. The van der Waals surface area contributed by atoms with Crippen LogP contribution in [0.1, 0.15) is 18.4 Å². The largest absolute Gasteiger partial charge is 0.356 e. The fourth-order valence-electron chi connectivity index (χ4n) is 2.13. The monoisotopic (exact) mass is 401 g/mol. The first-order valence-electron chi connectivity index (χ1n) is 6.76. The zero-order valence-corrected chi connectivity index (χ0v) is 14.7. The molecule has 1 heterocycles. The third-order valence-electron chi connectivity index (χ3n) is 3.49. The molecule has 0 amide bonds. The van der Waals surface area contributed by atoms with Crippen LogP contribution in [0.4, 0.5) is 0 Å². The van der Waals surface area contributed by atoms with E-state index in [4.69, 9.17) is 0 Å². The highest BCUT2D eigenvalue weighted by Crippen LogP contribution is 2.27.